The minimum absolute atomic E-state index is 0.226. The van der Waals surface area contributed by atoms with E-state index in [-0.39, 0.29) is 12.4 Å². The molecule has 0 atom stereocenters. The van der Waals surface area contributed by atoms with Crippen LogP contribution in [-0.4, -0.2) is 0 Å². The molecule has 4 heteroatoms. The van der Waals surface area contributed by atoms with Gasteiger partial charge in [0.05, 0.1) is 0 Å². The summed E-state index contributed by atoms with van der Waals surface area (Å²) in [5.41, 5.74) is 8.81. The summed E-state index contributed by atoms with van der Waals surface area (Å²) in [4.78, 5) is 0. The van der Waals surface area contributed by atoms with Crippen molar-refractivity contribution in [1.82, 2.24) is 0 Å². The third kappa shape index (κ3) is 3.18. The van der Waals surface area contributed by atoms with Gasteiger partial charge >= 0.3 is 0 Å². The molecule has 2 N–H and O–H groups in total. The van der Waals surface area contributed by atoms with Gasteiger partial charge in [0.25, 0.3) is 0 Å². The third-order valence-electron chi connectivity index (χ3n) is 2.91. The highest BCUT2D eigenvalue weighted by Gasteiger charge is 2.06. The molecule has 0 unspecified atom stereocenters. The van der Waals surface area contributed by atoms with Gasteiger partial charge in [0, 0.05) is 16.3 Å². The fraction of sp³-hybridized carbons (Fsp3) is 0.200. The highest BCUT2D eigenvalue weighted by Crippen LogP contribution is 2.26. The van der Waals surface area contributed by atoms with E-state index in [2.05, 4.69) is 0 Å². The number of hydrogen-bond acceptors (Lipinski definition) is 2. The zero-order valence-electron chi connectivity index (χ0n) is 10.8. The summed E-state index contributed by atoms with van der Waals surface area (Å²) in [5, 5.41) is 0.734. The van der Waals surface area contributed by atoms with Crippen LogP contribution in [-0.2, 0) is 6.61 Å². The van der Waals surface area contributed by atoms with Gasteiger partial charge in [0.15, 0.2) is 0 Å². The van der Waals surface area contributed by atoms with Crippen LogP contribution in [0.4, 0.5) is 10.1 Å². The molecule has 100 valence electrons. The summed E-state index contributed by atoms with van der Waals surface area (Å²) < 4.78 is 18.8. The average molecular weight is 280 g/mol. The minimum atomic E-state index is -0.323. The van der Waals surface area contributed by atoms with E-state index < -0.39 is 0 Å². The summed E-state index contributed by atoms with van der Waals surface area (Å²) in [6, 6.07) is 7.95. The number of aryl methyl sites for hydroxylation is 2. The van der Waals surface area contributed by atoms with E-state index in [9.17, 15) is 4.39 Å². The largest absolute Gasteiger partial charge is 0.489 e. The van der Waals surface area contributed by atoms with Gasteiger partial charge in [0.2, 0.25) is 0 Å². The van der Waals surface area contributed by atoms with Crippen molar-refractivity contribution in [3.8, 4) is 5.75 Å². The monoisotopic (exact) mass is 279 g/mol. The van der Waals surface area contributed by atoms with Gasteiger partial charge in [-0.05, 0) is 55.3 Å². The molecule has 2 aromatic rings. The Morgan fingerprint density at radius 1 is 1.16 bits per heavy atom. The molecule has 2 rings (SSSR count). The number of nitrogens with two attached hydrogens (primary N) is 1. The molecule has 0 bridgehead atoms. The second-order valence-electron chi connectivity index (χ2n) is 4.50. The Labute approximate surface area is 117 Å². The molecule has 0 saturated heterocycles. The molecule has 0 aliphatic heterocycles. The van der Waals surface area contributed by atoms with Crippen LogP contribution in [0.15, 0.2) is 30.3 Å². The second-order valence-corrected chi connectivity index (χ2v) is 4.88. The lowest BCUT2D eigenvalue weighted by Gasteiger charge is -2.11. The van der Waals surface area contributed by atoms with E-state index in [1.54, 1.807) is 0 Å². The minimum Gasteiger partial charge on any atom is -0.489 e. The van der Waals surface area contributed by atoms with Gasteiger partial charge in [-0.15, -0.1) is 0 Å². The van der Waals surface area contributed by atoms with Gasteiger partial charge in [0.1, 0.15) is 18.2 Å². The van der Waals surface area contributed by atoms with Gasteiger partial charge in [-0.2, -0.15) is 0 Å². The molecule has 0 radical (unpaired) electrons. The first-order valence-corrected chi connectivity index (χ1v) is 6.28. The van der Waals surface area contributed by atoms with Gasteiger partial charge < -0.3 is 10.5 Å². The maximum atomic E-state index is 13.1. The van der Waals surface area contributed by atoms with Crippen molar-refractivity contribution in [3.05, 3.63) is 57.9 Å². The number of benzene rings is 2. The van der Waals surface area contributed by atoms with E-state index >= 15 is 0 Å². The number of nitrogen functional groups attached to an aromatic ring is 1. The van der Waals surface area contributed by atoms with Crippen LogP contribution in [0.25, 0.3) is 0 Å². The highest BCUT2D eigenvalue weighted by atomic mass is 35.5. The van der Waals surface area contributed by atoms with E-state index in [0.717, 1.165) is 16.1 Å². The number of hydrogen-bond donors (Lipinski definition) is 1. The molecular formula is C15H15ClFNO. The normalized spacial score (nSPS) is 10.5. The van der Waals surface area contributed by atoms with Crippen molar-refractivity contribution in [1.29, 1.82) is 0 Å². The first-order valence-electron chi connectivity index (χ1n) is 5.91. The van der Waals surface area contributed by atoms with Crippen molar-refractivity contribution in [2.24, 2.45) is 0 Å². The van der Waals surface area contributed by atoms with Crippen LogP contribution in [0.1, 0.15) is 16.7 Å². The molecule has 0 saturated carbocycles. The maximum absolute atomic E-state index is 13.1. The van der Waals surface area contributed by atoms with Crippen LogP contribution in [0.3, 0.4) is 0 Å². The molecular weight excluding hydrogens is 265 g/mol. The fourth-order valence-corrected chi connectivity index (χ4v) is 1.96. The lowest BCUT2D eigenvalue weighted by atomic mass is 10.1. The Bertz CT molecular complexity index is 590. The highest BCUT2D eigenvalue weighted by molar-refractivity contribution is 6.32. The summed E-state index contributed by atoms with van der Waals surface area (Å²) in [5.74, 6) is 0.374. The standard InChI is InChI=1S/C15H15ClFNO/c1-9-5-13(6-10(2)15(9)16)19-8-11-7-12(17)3-4-14(11)18/h3-7H,8,18H2,1-2H3. The zero-order valence-corrected chi connectivity index (χ0v) is 11.6. The van der Waals surface area contributed by atoms with Crippen LogP contribution < -0.4 is 10.5 Å². The van der Waals surface area contributed by atoms with Crippen molar-refractivity contribution in [2.75, 3.05) is 5.73 Å². The average Bonchev–Trinajstić information content (AvgIpc) is 2.37. The lowest BCUT2D eigenvalue weighted by molar-refractivity contribution is 0.306. The number of anilines is 1. The van der Waals surface area contributed by atoms with Gasteiger partial charge in [-0.3, -0.25) is 0 Å². The SMILES string of the molecule is Cc1cc(OCc2cc(F)ccc2N)cc(C)c1Cl. The first kappa shape index (κ1) is 13.7. The molecule has 0 amide bonds. The maximum Gasteiger partial charge on any atom is 0.123 e. The van der Waals surface area contributed by atoms with Crippen LogP contribution in [0.5, 0.6) is 5.75 Å². The van der Waals surface area contributed by atoms with Crippen molar-refractivity contribution >= 4 is 17.3 Å². The topological polar surface area (TPSA) is 35.2 Å². The summed E-state index contributed by atoms with van der Waals surface area (Å²) in [6.07, 6.45) is 0. The van der Waals surface area contributed by atoms with E-state index in [1.807, 2.05) is 26.0 Å². The second kappa shape index (κ2) is 5.49. The molecule has 0 fully saturated rings. The summed E-state index contributed by atoms with van der Waals surface area (Å²) >= 11 is 6.09. The fourth-order valence-electron chi connectivity index (χ4n) is 1.85. The number of halogens is 2. The zero-order chi connectivity index (χ0) is 14.0. The molecule has 2 aromatic carbocycles. The Kier molecular flexibility index (Phi) is 3.96. The van der Waals surface area contributed by atoms with Crippen LogP contribution in [0.2, 0.25) is 5.02 Å². The Morgan fingerprint density at radius 2 is 1.79 bits per heavy atom. The predicted molar refractivity (Wildman–Crippen MR) is 76.1 cm³/mol. The Hall–Kier alpha value is -1.74. The number of ether oxygens (including phenoxy) is 1. The van der Waals surface area contributed by atoms with Crippen molar-refractivity contribution in [3.63, 3.8) is 0 Å². The lowest BCUT2D eigenvalue weighted by Crippen LogP contribution is -2.01. The predicted octanol–water partition coefficient (Wildman–Crippen LogP) is 4.26. The summed E-state index contributed by atoms with van der Waals surface area (Å²) in [7, 11) is 0. The van der Waals surface area contributed by atoms with E-state index in [4.69, 9.17) is 22.1 Å². The van der Waals surface area contributed by atoms with E-state index in [0.29, 0.717) is 17.0 Å². The molecule has 19 heavy (non-hydrogen) atoms. The van der Waals surface area contributed by atoms with E-state index in [1.165, 1.54) is 18.2 Å². The number of rotatable bonds is 3. The molecule has 0 aliphatic rings. The molecule has 0 aliphatic carbocycles. The smallest absolute Gasteiger partial charge is 0.123 e. The van der Waals surface area contributed by atoms with Gasteiger partial charge in [-0.25, -0.2) is 4.39 Å². The summed E-state index contributed by atoms with van der Waals surface area (Å²) in [6.45, 7) is 4.06. The van der Waals surface area contributed by atoms with Crippen LogP contribution >= 0.6 is 11.6 Å². The third-order valence-corrected chi connectivity index (χ3v) is 3.51. The van der Waals surface area contributed by atoms with Gasteiger partial charge in [-0.1, -0.05) is 11.6 Å². The molecule has 0 aromatic heterocycles. The van der Waals surface area contributed by atoms with Crippen molar-refractivity contribution in [2.45, 2.75) is 20.5 Å². The molecule has 0 heterocycles. The molecule has 0 spiro atoms. The quantitative estimate of drug-likeness (QED) is 0.852. The van der Waals surface area contributed by atoms with Crippen LogP contribution in [0, 0.1) is 19.7 Å². The Morgan fingerprint density at radius 3 is 2.42 bits per heavy atom. The Balaban J connectivity index is 2.17. The first-order chi connectivity index (χ1) is 8.97. The van der Waals surface area contributed by atoms with Crippen molar-refractivity contribution < 1.29 is 9.13 Å². The molecule has 2 nitrogen and oxygen atoms in total.